The molecule has 9 heteroatoms. The first-order chi connectivity index (χ1) is 17.9. The maximum absolute atomic E-state index is 13.2. The molecule has 3 aromatic heterocycles. The number of hydrogen-bond donors (Lipinski definition) is 3. The Hall–Kier alpha value is -3.14. The standard InChI is InChI=1S/C26H28N4O2S2.C2H6O/c1-17(2)10-12-27-26(32)23-22(19-11-14-34-16-19)29-24-21(5-4-13-30(23)24)25(31)28-15-18-6-8-20(33-3)9-7-18;1-2-3/h4-9,11,13-14,16-17H,10,12,15H2,1-3H3,(H,27,32)(H,28,31);3H,2H2,1H3. The van der Waals surface area contributed by atoms with E-state index in [9.17, 15) is 9.59 Å². The highest BCUT2D eigenvalue weighted by atomic mass is 32.2. The Morgan fingerprint density at radius 2 is 1.84 bits per heavy atom. The normalized spacial score (nSPS) is 10.8. The van der Waals surface area contributed by atoms with Gasteiger partial charge in [-0.1, -0.05) is 26.0 Å². The number of benzene rings is 1. The summed E-state index contributed by atoms with van der Waals surface area (Å²) in [7, 11) is 0. The molecular formula is C28H34N4O3S2. The van der Waals surface area contributed by atoms with E-state index in [1.165, 1.54) is 4.90 Å². The maximum atomic E-state index is 13.2. The van der Waals surface area contributed by atoms with E-state index in [0.29, 0.717) is 41.6 Å². The highest BCUT2D eigenvalue weighted by Gasteiger charge is 2.23. The fourth-order valence-corrected chi connectivity index (χ4v) is 4.69. The summed E-state index contributed by atoms with van der Waals surface area (Å²) >= 11 is 3.22. The summed E-state index contributed by atoms with van der Waals surface area (Å²) < 4.78 is 1.72. The van der Waals surface area contributed by atoms with Crippen molar-refractivity contribution in [3.05, 3.63) is 76.2 Å². The van der Waals surface area contributed by atoms with Crippen molar-refractivity contribution >= 4 is 40.6 Å². The summed E-state index contributed by atoms with van der Waals surface area (Å²) in [6.45, 7) is 7.18. The van der Waals surface area contributed by atoms with E-state index in [1.54, 1.807) is 52.8 Å². The fraction of sp³-hybridized carbons (Fsp3) is 0.321. The second-order valence-electron chi connectivity index (χ2n) is 8.72. The van der Waals surface area contributed by atoms with E-state index in [2.05, 4.69) is 24.5 Å². The van der Waals surface area contributed by atoms with Crippen LogP contribution in [0.25, 0.3) is 16.9 Å². The van der Waals surface area contributed by atoms with Gasteiger partial charge in [-0.05, 0) is 66.8 Å². The van der Waals surface area contributed by atoms with Crippen molar-refractivity contribution in [2.24, 2.45) is 5.92 Å². The van der Waals surface area contributed by atoms with Gasteiger partial charge in [0.1, 0.15) is 11.4 Å². The van der Waals surface area contributed by atoms with Gasteiger partial charge in [0.15, 0.2) is 5.65 Å². The molecular weight excluding hydrogens is 504 g/mol. The Bertz CT molecular complexity index is 1300. The van der Waals surface area contributed by atoms with E-state index < -0.39 is 0 Å². The molecule has 0 spiro atoms. The van der Waals surface area contributed by atoms with E-state index in [4.69, 9.17) is 10.1 Å². The van der Waals surface area contributed by atoms with Gasteiger partial charge in [0, 0.05) is 41.7 Å². The Kier molecular flexibility index (Phi) is 10.7. The lowest BCUT2D eigenvalue weighted by Gasteiger charge is -2.09. The molecule has 3 N–H and O–H groups in total. The van der Waals surface area contributed by atoms with Crippen LogP contribution >= 0.6 is 23.1 Å². The molecule has 1 aromatic carbocycles. The number of nitrogens with zero attached hydrogens (tertiary/aromatic N) is 2. The number of thiophene rings is 1. The molecule has 3 heterocycles. The molecule has 0 fully saturated rings. The van der Waals surface area contributed by atoms with Gasteiger partial charge in [0.2, 0.25) is 0 Å². The number of carbonyl (C=O) groups is 2. The highest BCUT2D eigenvalue weighted by Crippen LogP contribution is 2.28. The van der Waals surface area contributed by atoms with Crippen LogP contribution in [0.15, 0.2) is 64.3 Å². The Balaban J connectivity index is 0.00000121. The fourth-order valence-electron chi connectivity index (χ4n) is 3.64. The molecule has 37 heavy (non-hydrogen) atoms. The van der Waals surface area contributed by atoms with Crippen LogP contribution in [-0.4, -0.2) is 45.7 Å². The zero-order chi connectivity index (χ0) is 26.8. The van der Waals surface area contributed by atoms with Crippen LogP contribution in [0.5, 0.6) is 0 Å². The predicted molar refractivity (Wildman–Crippen MR) is 152 cm³/mol. The number of thioether (sulfide) groups is 1. The van der Waals surface area contributed by atoms with Crippen molar-refractivity contribution in [2.75, 3.05) is 19.4 Å². The molecule has 0 atom stereocenters. The minimum atomic E-state index is -0.229. The first-order valence-corrected chi connectivity index (χ1v) is 14.4. The van der Waals surface area contributed by atoms with Gasteiger partial charge in [0.25, 0.3) is 11.8 Å². The van der Waals surface area contributed by atoms with Gasteiger partial charge in [-0.25, -0.2) is 4.98 Å². The number of fused-ring (bicyclic) bond motifs is 1. The molecule has 4 aromatic rings. The summed E-state index contributed by atoms with van der Waals surface area (Å²) in [5.74, 6) is 0.0695. The van der Waals surface area contributed by atoms with Gasteiger partial charge in [0.05, 0.1) is 5.56 Å². The lowest BCUT2D eigenvalue weighted by Crippen LogP contribution is -2.27. The first kappa shape index (κ1) is 28.4. The average Bonchev–Trinajstić information content (AvgIpc) is 3.55. The third kappa shape index (κ3) is 7.44. The van der Waals surface area contributed by atoms with Crippen molar-refractivity contribution in [3.8, 4) is 11.3 Å². The average molecular weight is 539 g/mol. The Morgan fingerprint density at radius 1 is 1.11 bits per heavy atom. The van der Waals surface area contributed by atoms with Crippen LogP contribution in [0.3, 0.4) is 0 Å². The molecule has 0 aliphatic heterocycles. The molecule has 2 amide bonds. The van der Waals surface area contributed by atoms with Gasteiger partial charge < -0.3 is 15.7 Å². The van der Waals surface area contributed by atoms with E-state index >= 15 is 0 Å². The number of aromatic nitrogens is 2. The van der Waals surface area contributed by atoms with Crippen LogP contribution in [0.1, 0.15) is 53.6 Å². The van der Waals surface area contributed by atoms with Crippen LogP contribution < -0.4 is 10.6 Å². The Labute approximate surface area is 226 Å². The monoisotopic (exact) mass is 538 g/mol. The molecule has 4 rings (SSSR count). The second kappa shape index (κ2) is 14.0. The SMILES string of the molecule is CCO.CSc1ccc(CNC(=O)c2cccn3c(C(=O)NCCC(C)C)c(-c4ccsc4)nc23)cc1. The summed E-state index contributed by atoms with van der Waals surface area (Å²) in [6, 6.07) is 13.6. The van der Waals surface area contributed by atoms with Crippen molar-refractivity contribution in [1.82, 2.24) is 20.0 Å². The molecule has 0 radical (unpaired) electrons. The van der Waals surface area contributed by atoms with Crippen molar-refractivity contribution in [3.63, 3.8) is 0 Å². The third-order valence-electron chi connectivity index (χ3n) is 5.52. The van der Waals surface area contributed by atoms with Gasteiger partial charge in [-0.2, -0.15) is 11.3 Å². The molecule has 0 saturated heterocycles. The molecule has 0 aliphatic rings. The summed E-state index contributed by atoms with van der Waals surface area (Å²) in [5.41, 5.74) is 3.80. The van der Waals surface area contributed by atoms with Crippen LogP contribution in [0, 0.1) is 5.92 Å². The topological polar surface area (TPSA) is 95.7 Å². The zero-order valence-electron chi connectivity index (χ0n) is 21.7. The number of hydrogen-bond acceptors (Lipinski definition) is 6. The second-order valence-corrected chi connectivity index (χ2v) is 10.4. The lowest BCUT2D eigenvalue weighted by atomic mass is 10.1. The third-order valence-corrected chi connectivity index (χ3v) is 6.95. The number of amides is 2. The molecule has 0 unspecified atom stereocenters. The number of imidazole rings is 1. The van der Waals surface area contributed by atoms with E-state index in [0.717, 1.165) is 17.5 Å². The number of aliphatic hydroxyl groups excluding tert-OH is 1. The number of aliphatic hydroxyl groups is 1. The van der Waals surface area contributed by atoms with Crippen LogP contribution in [-0.2, 0) is 6.54 Å². The minimum absolute atomic E-state index is 0.194. The largest absolute Gasteiger partial charge is 0.397 e. The molecule has 7 nitrogen and oxygen atoms in total. The van der Waals surface area contributed by atoms with Crippen molar-refractivity contribution < 1.29 is 14.7 Å². The predicted octanol–water partition coefficient (Wildman–Crippen LogP) is 5.49. The van der Waals surface area contributed by atoms with Crippen molar-refractivity contribution in [1.29, 1.82) is 0 Å². The summed E-state index contributed by atoms with van der Waals surface area (Å²) in [5, 5.41) is 17.5. The first-order valence-electron chi connectivity index (χ1n) is 12.2. The Morgan fingerprint density at radius 3 is 2.46 bits per heavy atom. The van der Waals surface area contributed by atoms with Gasteiger partial charge >= 0.3 is 0 Å². The molecule has 0 aliphatic carbocycles. The summed E-state index contributed by atoms with van der Waals surface area (Å²) in [6.07, 6.45) is 4.71. The molecule has 0 saturated carbocycles. The zero-order valence-corrected chi connectivity index (χ0v) is 23.3. The van der Waals surface area contributed by atoms with Crippen molar-refractivity contribution in [2.45, 2.75) is 38.6 Å². The molecule has 0 bridgehead atoms. The quantitative estimate of drug-likeness (QED) is 0.245. The smallest absolute Gasteiger partial charge is 0.270 e. The van der Waals surface area contributed by atoms with Gasteiger partial charge in [-0.3, -0.25) is 14.0 Å². The molecule has 196 valence electrons. The minimum Gasteiger partial charge on any atom is -0.397 e. The number of pyridine rings is 1. The van der Waals surface area contributed by atoms with Crippen LogP contribution in [0.4, 0.5) is 0 Å². The lowest BCUT2D eigenvalue weighted by molar-refractivity contribution is 0.0938. The number of nitrogens with one attached hydrogen (secondary N) is 2. The highest BCUT2D eigenvalue weighted by molar-refractivity contribution is 7.98. The number of carbonyl (C=O) groups excluding carboxylic acids is 2. The van der Waals surface area contributed by atoms with Gasteiger partial charge in [-0.15, -0.1) is 11.8 Å². The maximum Gasteiger partial charge on any atom is 0.270 e. The van der Waals surface area contributed by atoms with E-state index in [-0.39, 0.29) is 18.4 Å². The van der Waals surface area contributed by atoms with Crippen LogP contribution in [0.2, 0.25) is 0 Å². The van der Waals surface area contributed by atoms with E-state index in [1.807, 2.05) is 47.3 Å². The summed E-state index contributed by atoms with van der Waals surface area (Å²) in [4.78, 5) is 32.2. The number of rotatable bonds is 9.